The monoisotopic (exact) mass is 302 g/mol. The molecule has 0 unspecified atom stereocenters. The summed E-state index contributed by atoms with van der Waals surface area (Å²) < 4.78 is 0. The maximum Gasteiger partial charge on any atom is 0.0646 e. The Bertz CT molecular complexity index is 597. The van der Waals surface area contributed by atoms with Crippen molar-refractivity contribution >= 4 is 23.2 Å². The quantitative estimate of drug-likeness (QED) is 0.611. The number of benzene rings is 2. The molecule has 0 radical (unpaired) electrons. The van der Waals surface area contributed by atoms with Crippen molar-refractivity contribution in [1.29, 1.82) is 0 Å². The van der Waals surface area contributed by atoms with Gasteiger partial charge >= 0.3 is 0 Å². The molecule has 5 rings (SSSR count). The van der Waals surface area contributed by atoms with E-state index in [9.17, 15) is 0 Å². The number of fused-ring (bicyclic) bond motifs is 1. The molecule has 20 heavy (non-hydrogen) atoms. The summed E-state index contributed by atoms with van der Waals surface area (Å²) in [6.07, 6.45) is 0. The zero-order valence-corrected chi connectivity index (χ0v) is 13.0. The summed E-state index contributed by atoms with van der Waals surface area (Å²) in [6, 6.07) is 17.2. The van der Waals surface area contributed by atoms with E-state index in [0.717, 1.165) is 0 Å². The van der Waals surface area contributed by atoms with E-state index in [2.05, 4.69) is 62.4 Å². The van der Waals surface area contributed by atoms with Gasteiger partial charge in [0.05, 0.1) is 10.8 Å². The molecule has 0 N–H and O–H groups in total. The van der Waals surface area contributed by atoms with Crippen LogP contribution < -0.4 is 0 Å². The Hall–Kier alpha value is -0.980. The first kappa shape index (κ1) is 12.7. The highest BCUT2D eigenvalue weighted by molar-refractivity contribution is 6.32. The molecule has 0 heterocycles. The van der Waals surface area contributed by atoms with E-state index in [1.165, 1.54) is 22.3 Å². The standard InChI is InChI=1S/C18H16Cl2/c1-17-11-7-3-5-9-13(11)18(2,16(20)15(17)19)14-10-6-4-8-12(14)17/h3-10,15-16H,1-2H3/t15-,16-,17?,18?/m0/s1. The van der Waals surface area contributed by atoms with Crippen LogP contribution in [0.5, 0.6) is 0 Å². The van der Waals surface area contributed by atoms with Crippen LogP contribution in [0.25, 0.3) is 0 Å². The van der Waals surface area contributed by atoms with E-state index >= 15 is 0 Å². The molecule has 2 bridgehead atoms. The van der Waals surface area contributed by atoms with Crippen LogP contribution in [0.2, 0.25) is 0 Å². The summed E-state index contributed by atoms with van der Waals surface area (Å²) in [5, 5.41) is -0.196. The molecular formula is C18H16Cl2. The Morgan fingerprint density at radius 3 is 1.15 bits per heavy atom. The molecule has 2 aromatic rings. The van der Waals surface area contributed by atoms with Crippen LogP contribution in [-0.4, -0.2) is 10.8 Å². The third kappa shape index (κ3) is 1.17. The van der Waals surface area contributed by atoms with Gasteiger partial charge in [0.2, 0.25) is 0 Å². The minimum atomic E-state index is -0.209. The maximum atomic E-state index is 6.82. The van der Waals surface area contributed by atoms with Crippen molar-refractivity contribution in [1.82, 2.24) is 0 Å². The van der Waals surface area contributed by atoms with E-state index in [1.807, 2.05) is 0 Å². The van der Waals surface area contributed by atoms with Crippen LogP contribution in [0.15, 0.2) is 48.5 Å². The Labute approximate surface area is 129 Å². The molecule has 102 valence electrons. The Morgan fingerprint density at radius 1 is 0.650 bits per heavy atom. The average molecular weight is 303 g/mol. The highest BCUT2D eigenvalue weighted by atomic mass is 35.5. The van der Waals surface area contributed by atoms with Gasteiger partial charge in [-0.15, -0.1) is 23.2 Å². The van der Waals surface area contributed by atoms with Gasteiger partial charge in [0.1, 0.15) is 0 Å². The fraction of sp³-hybridized carbons (Fsp3) is 0.333. The SMILES string of the molecule is CC12c3ccccc3C(C)(c3ccccc31)[C@@H](Cl)[C@@H]2Cl. The predicted octanol–water partition coefficient (Wildman–Crippen LogP) is 4.84. The molecule has 3 aliphatic carbocycles. The molecule has 0 amide bonds. The minimum Gasteiger partial charge on any atom is -0.120 e. The average Bonchev–Trinajstić information content (AvgIpc) is 2.50. The second kappa shape index (κ2) is 3.81. The summed E-state index contributed by atoms with van der Waals surface area (Å²) in [6.45, 7) is 4.47. The molecule has 0 aromatic heterocycles. The second-order valence-electron chi connectivity index (χ2n) is 6.30. The van der Waals surface area contributed by atoms with E-state index < -0.39 is 0 Å². The maximum absolute atomic E-state index is 6.82. The second-order valence-corrected chi connectivity index (χ2v) is 7.24. The summed E-state index contributed by atoms with van der Waals surface area (Å²) in [5.74, 6) is 0. The van der Waals surface area contributed by atoms with Crippen LogP contribution in [0.1, 0.15) is 36.1 Å². The summed E-state index contributed by atoms with van der Waals surface area (Å²) in [7, 11) is 0. The Balaban J connectivity index is 2.20. The fourth-order valence-electron chi connectivity index (χ4n) is 4.25. The molecule has 0 nitrogen and oxygen atoms in total. The molecule has 0 saturated heterocycles. The smallest absolute Gasteiger partial charge is 0.0646 e. The third-order valence-electron chi connectivity index (χ3n) is 5.45. The van der Waals surface area contributed by atoms with Crippen LogP contribution in [-0.2, 0) is 10.8 Å². The van der Waals surface area contributed by atoms with E-state index in [4.69, 9.17) is 23.2 Å². The lowest BCUT2D eigenvalue weighted by Gasteiger charge is -2.58. The first-order chi connectivity index (χ1) is 9.52. The molecule has 0 aliphatic heterocycles. The number of alkyl halides is 2. The van der Waals surface area contributed by atoms with Gasteiger partial charge in [0.15, 0.2) is 0 Å². The van der Waals surface area contributed by atoms with Crippen LogP contribution >= 0.6 is 23.2 Å². The van der Waals surface area contributed by atoms with Crippen molar-refractivity contribution in [2.75, 3.05) is 0 Å². The third-order valence-corrected chi connectivity index (χ3v) is 6.96. The molecule has 2 aromatic carbocycles. The number of halogens is 2. The lowest BCUT2D eigenvalue weighted by molar-refractivity contribution is 0.340. The molecular weight excluding hydrogens is 287 g/mol. The van der Waals surface area contributed by atoms with Crippen LogP contribution in [0.4, 0.5) is 0 Å². The Kier molecular flexibility index (Phi) is 2.43. The number of rotatable bonds is 0. The van der Waals surface area contributed by atoms with E-state index in [-0.39, 0.29) is 21.6 Å². The van der Waals surface area contributed by atoms with E-state index in [1.54, 1.807) is 0 Å². The van der Waals surface area contributed by atoms with Gasteiger partial charge in [-0.3, -0.25) is 0 Å². The van der Waals surface area contributed by atoms with Crippen molar-refractivity contribution in [3.8, 4) is 0 Å². The van der Waals surface area contributed by atoms with Crippen molar-refractivity contribution in [3.63, 3.8) is 0 Å². The van der Waals surface area contributed by atoms with Gasteiger partial charge in [0.25, 0.3) is 0 Å². The van der Waals surface area contributed by atoms with Gasteiger partial charge in [-0.25, -0.2) is 0 Å². The van der Waals surface area contributed by atoms with Crippen molar-refractivity contribution in [2.45, 2.75) is 35.4 Å². The lowest BCUT2D eigenvalue weighted by Crippen LogP contribution is -2.60. The highest BCUT2D eigenvalue weighted by Gasteiger charge is 2.60. The topological polar surface area (TPSA) is 0 Å². The van der Waals surface area contributed by atoms with Crippen LogP contribution in [0, 0.1) is 0 Å². The normalized spacial score (nSPS) is 37.4. The van der Waals surface area contributed by atoms with E-state index in [0.29, 0.717) is 0 Å². The van der Waals surface area contributed by atoms with Crippen LogP contribution in [0.3, 0.4) is 0 Å². The molecule has 0 spiro atoms. The highest BCUT2D eigenvalue weighted by Crippen LogP contribution is 2.61. The minimum absolute atomic E-state index is 0.0982. The lowest BCUT2D eigenvalue weighted by atomic mass is 9.50. The Morgan fingerprint density at radius 2 is 0.900 bits per heavy atom. The molecule has 2 heteroatoms. The number of hydrogen-bond donors (Lipinski definition) is 0. The van der Waals surface area contributed by atoms with Gasteiger partial charge < -0.3 is 0 Å². The molecule has 0 fully saturated rings. The van der Waals surface area contributed by atoms with Crippen molar-refractivity contribution in [3.05, 3.63) is 70.8 Å². The first-order valence-corrected chi connectivity index (χ1v) is 7.87. The predicted molar refractivity (Wildman–Crippen MR) is 85.1 cm³/mol. The van der Waals surface area contributed by atoms with Crippen molar-refractivity contribution < 1.29 is 0 Å². The summed E-state index contributed by atoms with van der Waals surface area (Å²) in [4.78, 5) is 0. The fourth-order valence-corrected chi connectivity index (χ4v) is 5.22. The molecule has 2 atom stereocenters. The number of hydrogen-bond acceptors (Lipinski definition) is 0. The largest absolute Gasteiger partial charge is 0.120 e. The van der Waals surface area contributed by atoms with Crippen molar-refractivity contribution in [2.24, 2.45) is 0 Å². The summed E-state index contributed by atoms with van der Waals surface area (Å²) in [5.41, 5.74) is 4.91. The molecule has 3 aliphatic rings. The van der Waals surface area contributed by atoms with Gasteiger partial charge in [-0.2, -0.15) is 0 Å². The first-order valence-electron chi connectivity index (χ1n) is 7.00. The molecule has 0 saturated carbocycles. The zero-order chi connectivity index (χ0) is 14.1. The zero-order valence-electron chi connectivity index (χ0n) is 11.5. The van der Waals surface area contributed by atoms with Gasteiger partial charge in [-0.1, -0.05) is 48.5 Å². The van der Waals surface area contributed by atoms with Gasteiger partial charge in [0, 0.05) is 10.8 Å². The van der Waals surface area contributed by atoms with Gasteiger partial charge in [-0.05, 0) is 36.1 Å². The summed E-state index contributed by atoms with van der Waals surface area (Å²) >= 11 is 13.6.